The van der Waals surface area contributed by atoms with Gasteiger partial charge in [0.25, 0.3) is 0 Å². The SMILES string of the molecule is C=Nc1ccc(Br)cc1C(=N)c1ccccn1.CO.COC(=O)CCCP(N1CCOCC1)N1CCOCC1. The predicted molar refractivity (Wildman–Crippen MR) is 159 cm³/mol. The maximum atomic E-state index is 11.3. The van der Waals surface area contributed by atoms with Gasteiger partial charge >= 0.3 is 5.97 Å². The minimum absolute atomic E-state index is 0.107. The van der Waals surface area contributed by atoms with Crippen molar-refractivity contribution in [3.63, 3.8) is 0 Å². The van der Waals surface area contributed by atoms with Crippen LogP contribution in [0.5, 0.6) is 0 Å². The molecule has 0 bridgehead atoms. The molecule has 2 saturated heterocycles. The van der Waals surface area contributed by atoms with Crippen molar-refractivity contribution in [3.8, 4) is 0 Å². The van der Waals surface area contributed by atoms with Gasteiger partial charge in [0.1, 0.15) is 0 Å². The number of carbonyl (C=O) groups excluding carboxylic acids is 1. The van der Waals surface area contributed by atoms with Gasteiger partial charge in [-0.15, -0.1) is 0 Å². The lowest BCUT2D eigenvalue weighted by Crippen LogP contribution is -2.41. The molecule has 1 aromatic carbocycles. The standard InChI is InChI=1S/C13H10BrN3.C13H25N2O4P.CH4O/c1-16-11-6-5-9(14)8-10(11)13(15)12-4-2-3-7-17-12;1-17-13(16)3-2-12-20(14-4-8-18-9-5-14)15-6-10-19-11-7-15;1-2/h2-8,15H,1H2;2-12H2,1H3;2H,1H3. The average Bonchev–Trinajstić information content (AvgIpc) is 3.01. The van der Waals surface area contributed by atoms with Crippen LogP contribution in [0.3, 0.4) is 0 Å². The van der Waals surface area contributed by atoms with Crippen molar-refractivity contribution in [2.75, 3.05) is 73.0 Å². The largest absolute Gasteiger partial charge is 0.469 e. The van der Waals surface area contributed by atoms with Gasteiger partial charge in [-0.1, -0.05) is 22.0 Å². The van der Waals surface area contributed by atoms with E-state index < -0.39 is 0 Å². The molecule has 0 spiro atoms. The molecule has 0 atom stereocenters. The summed E-state index contributed by atoms with van der Waals surface area (Å²) in [5.41, 5.74) is 2.36. The van der Waals surface area contributed by atoms with Crippen LogP contribution in [0.4, 0.5) is 5.69 Å². The van der Waals surface area contributed by atoms with E-state index in [1.165, 1.54) is 7.11 Å². The van der Waals surface area contributed by atoms with Crippen molar-refractivity contribution < 1.29 is 24.1 Å². The summed E-state index contributed by atoms with van der Waals surface area (Å²) in [6, 6.07) is 11.0. The molecular weight excluding hydrogens is 585 g/mol. The van der Waals surface area contributed by atoms with Crippen LogP contribution in [0.25, 0.3) is 0 Å². The quantitative estimate of drug-likeness (QED) is 0.243. The average molecular weight is 625 g/mol. The number of morpholine rings is 2. The number of aromatic nitrogens is 1. The summed E-state index contributed by atoms with van der Waals surface area (Å²) in [6.07, 6.45) is 4.14. The first-order valence-corrected chi connectivity index (χ1v) is 15.0. The number of nitrogens with one attached hydrogen (secondary N) is 1. The summed E-state index contributed by atoms with van der Waals surface area (Å²) in [6.45, 7) is 10.8. The number of rotatable bonds is 9. The van der Waals surface area contributed by atoms with Gasteiger partial charge in [-0.25, -0.2) is 0 Å². The van der Waals surface area contributed by atoms with Crippen LogP contribution in [-0.2, 0) is 19.0 Å². The van der Waals surface area contributed by atoms with E-state index in [0.29, 0.717) is 29.1 Å². The van der Waals surface area contributed by atoms with Crippen LogP contribution < -0.4 is 0 Å². The number of nitrogens with zero attached hydrogens (tertiary/aromatic N) is 4. The van der Waals surface area contributed by atoms with Crippen molar-refractivity contribution in [1.29, 1.82) is 5.41 Å². The molecule has 3 heterocycles. The number of aliphatic hydroxyl groups excluding tert-OH is 1. The second-order valence-electron chi connectivity index (χ2n) is 8.32. The Labute approximate surface area is 240 Å². The van der Waals surface area contributed by atoms with E-state index in [9.17, 15) is 4.79 Å². The molecule has 2 aliphatic heterocycles. The van der Waals surface area contributed by atoms with E-state index in [1.807, 2.05) is 30.3 Å². The van der Waals surface area contributed by atoms with Gasteiger partial charge in [-0.3, -0.25) is 29.5 Å². The Hall–Kier alpha value is -2.11. The monoisotopic (exact) mass is 623 g/mol. The zero-order valence-corrected chi connectivity index (χ0v) is 25.2. The summed E-state index contributed by atoms with van der Waals surface area (Å²) in [5, 5.41) is 15.1. The number of benzene rings is 1. The fraction of sp³-hybridized carbons (Fsp3) is 0.481. The Bertz CT molecular complexity index is 1000. The molecule has 39 heavy (non-hydrogen) atoms. The second-order valence-corrected chi connectivity index (χ2v) is 11.6. The third-order valence-corrected chi connectivity index (χ3v) is 9.23. The van der Waals surface area contributed by atoms with E-state index in [0.717, 1.165) is 76.8 Å². The molecule has 214 valence electrons. The molecule has 1 aromatic heterocycles. The fourth-order valence-corrected chi connectivity index (χ4v) is 6.97. The molecule has 12 heteroatoms. The third kappa shape index (κ3) is 11.1. The minimum Gasteiger partial charge on any atom is -0.469 e. The van der Waals surface area contributed by atoms with E-state index >= 15 is 0 Å². The normalized spacial score (nSPS) is 15.8. The topological polar surface area (TPSA) is 121 Å². The number of hydrogen-bond donors (Lipinski definition) is 2. The van der Waals surface area contributed by atoms with Crippen molar-refractivity contribution in [3.05, 3.63) is 58.3 Å². The van der Waals surface area contributed by atoms with Crippen LogP contribution in [-0.4, -0.2) is 111 Å². The minimum atomic E-state index is -0.334. The number of aliphatic hydroxyl groups is 1. The van der Waals surface area contributed by atoms with Crippen LogP contribution in [0.1, 0.15) is 24.1 Å². The van der Waals surface area contributed by atoms with E-state index in [1.54, 1.807) is 12.3 Å². The molecular formula is C27H39BrN5O5P. The molecule has 0 saturated carbocycles. The summed E-state index contributed by atoms with van der Waals surface area (Å²) in [7, 11) is 2.12. The lowest BCUT2D eigenvalue weighted by molar-refractivity contribution is -0.140. The van der Waals surface area contributed by atoms with Gasteiger partial charge in [0.15, 0.2) is 0 Å². The van der Waals surface area contributed by atoms with Crippen molar-refractivity contribution in [2.45, 2.75) is 12.8 Å². The van der Waals surface area contributed by atoms with E-state index in [-0.39, 0.29) is 14.2 Å². The van der Waals surface area contributed by atoms with E-state index in [4.69, 9.17) is 24.7 Å². The highest BCUT2D eigenvalue weighted by molar-refractivity contribution is 9.10. The number of halogens is 1. The number of carbonyl (C=O) groups is 1. The number of hydrogen-bond acceptors (Lipinski definition) is 10. The number of methoxy groups -OCH3 is 1. The van der Waals surface area contributed by atoms with Crippen LogP contribution in [0, 0.1) is 5.41 Å². The van der Waals surface area contributed by atoms with Gasteiger partial charge in [0.2, 0.25) is 0 Å². The van der Waals surface area contributed by atoms with E-state index in [2.05, 4.69) is 42.0 Å². The Morgan fingerprint density at radius 2 is 1.74 bits per heavy atom. The van der Waals surface area contributed by atoms with Gasteiger partial charge in [0.05, 0.1) is 50.6 Å². The fourth-order valence-electron chi connectivity index (χ4n) is 3.99. The maximum Gasteiger partial charge on any atom is 0.305 e. The zero-order chi connectivity index (χ0) is 28.5. The molecule has 10 nitrogen and oxygen atoms in total. The van der Waals surface area contributed by atoms with Crippen molar-refractivity contribution in [2.24, 2.45) is 4.99 Å². The summed E-state index contributed by atoms with van der Waals surface area (Å²) < 4.78 is 21.6. The molecule has 2 aromatic rings. The summed E-state index contributed by atoms with van der Waals surface area (Å²) in [4.78, 5) is 19.3. The highest BCUT2D eigenvalue weighted by Gasteiger charge is 2.28. The Morgan fingerprint density at radius 3 is 2.26 bits per heavy atom. The molecule has 2 N–H and O–H groups in total. The number of pyridine rings is 1. The van der Waals surface area contributed by atoms with Gasteiger partial charge in [-0.2, -0.15) is 0 Å². The molecule has 2 aliphatic rings. The smallest absolute Gasteiger partial charge is 0.305 e. The molecule has 0 amide bonds. The first-order chi connectivity index (χ1) is 19.0. The van der Waals surface area contributed by atoms with Gasteiger partial charge in [-0.05, 0) is 49.6 Å². The predicted octanol–water partition coefficient (Wildman–Crippen LogP) is 4.12. The van der Waals surface area contributed by atoms with Gasteiger partial charge < -0.3 is 19.3 Å². The lowest BCUT2D eigenvalue weighted by atomic mass is 10.1. The third-order valence-electron chi connectivity index (χ3n) is 5.91. The Kier molecular flexibility index (Phi) is 16.2. The summed E-state index contributed by atoms with van der Waals surface area (Å²) in [5.74, 6) is -0.107. The summed E-state index contributed by atoms with van der Waals surface area (Å²) >= 11 is 3.39. The first-order valence-electron chi connectivity index (χ1n) is 12.7. The van der Waals surface area contributed by atoms with Gasteiger partial charge in [0, 0.05) is 64.2 Å². The van der Waals surface area contributed by atoms with Crippen molar-refractivity contribution >= 4 is 48.2 Å². The molecule has 4 rings (SSSR count). The van der Waals surface area contributed by atoms with Crippen molar-refractivity contribution in [1.82, 2.24) is 14.3 Å². The second kappa shape index (κ2) is 19.0. The Balaban J connectivity index is 0.000000260. The Morgan fingerprint density at radius 1 is 1.13 bits per heavy atom. The maximum absolute atomic E-state index is 11.3. The molecule has 0 aliphatic carbocycles. The number of esters is 1. The first kappa shape index (κ1) is 33.1. The van der Waals surface area contributed by atoms with Crippen LogP contribution >= 0.6 is 24.2 Å². The number of ether oxygens (including phenoxy) is 3. The number of aliphatic imine (C=N–C) groups is 1. The lowest BCUT2D eigenvalue weighted by Gasteiger charge is -2.42. The highest BCUT2D eigenvalue weighted by Crippen LogP contribution is 2.45. The zero-order valence-electron chi connectivity index (χ0n) is 22.7. The van der Waals surface area contributed by atoms with Crippen LogP contribution in [0.15, 0.2) is 52.1 Å². The molecule has 2 fully saturated rings. The molecule has 0 radical (unpaired) electrons. The highest BCUT2D eigenvalue weighted by atomic mass is 79.9. The van der Waals surface area contributed by atoms with Crippen LogP contribution in [0.2, 0.25) is 0 Å². The molecule has 0 unspecified atom stereocenters.